The predicted molar refractivity (Wildman–Crippen MR) is 82.0 cm³/mol. The number of nitrogens with one attached hydrogen (secondary N) is 1. The summed E-state index contributed by atoms with van der Waals surface area (Å²) in [4.78, 5) is 24.4. The highest BCUT2D eigenvalue weighted by molar-refractivity contribution is 9.10. The van der Waals surface area contributed by atoms with Crippen molar-refractivity contribution in [3.8, 4) is 0 Å². The second-order valence-electron chi connectivity index (χ2n) is 4.65. The maximum absolute atomic E-state index is 12.2. The zero-order chi connectivity index (χ0) is 15.3. The van der Waals surface area contributed by atoms with Gasteiger partial charge in [0.15, 0.2) is 0 Å². The first kappa shape index (κ1) is 16.5. The van der Waals surface area contributed by atoms with Gasteiger partial charge in [-0.15, -0.1) is 0 Å². The number of aliphatic carboxylic acids is 1. The second kappa shape index (κ2) is 7.28. The Labute approximate surface area is 127 Å². The summed E-state index contributed by atoms with van der Waals surface area (Å²) in [5.41, 5.74) is 1.63. The van der Waals surface area contributed by atoms with Crippen LogP contribution in [-0.2, 0) is 4.79 Å². The van der Waals surface area contributed by atoms with Crippen molar-refractivity contribution in [3.63, 3.8) is 0 Å². The van der Waals surface area contributed by atoms with E-state index in [-0.39, 0.29) is 12.6 Å². The average Bonchev–Trinajstić information content (AvgIpc) is 2.40. The van der Waals surface area contributed by atoms with Gasteiger partial charge in [0.1, 0.15) is 6.54 Å². The summed E-state index contributed by atoms with van der Waals surface area (Å²) in [6.07, 6.45) is 0.690. The third-order valence-electron chi connectivity index (χ3n) is 3.12. The van der Waals surface area contributed by atoms with Gasteiger partial charge >= 0.3 is 12.0 Å². The molecule has 0 spiro atoms. The van der Waals surface area contributed by atoms with Gasteiger partial charge in [0.05, 0.1) is 5.69 Å². The molecule has 0 fully saturated rings. The van der Waals surface area contributed by atoms with Gasteiger partial charge in [0, 0.05) is 10.5 Å². The van der Waals surface area contributed by atoms with Crippen LogP contribution in [-0.4, -0.2) is 34.6 Å². The Morgan fingerprint density at radius 1 is 1.45 bits per heavy atom. The molecular weight excluding hydrogens is 324 g/mol. The van der Waals surface area contributed by atoms with Crippen molar-refractivity contribution in [2.45, 2.75) is 33.2 Å². The molecule has 1 rings (SSSR count). The molecule has 0 saturated heterocycles. The standard InChI is InChI=1S/C14H19BrN2O3/c1-4-10(3)17(8-12(18)19)14(20)16-11-7-5-6-9(2)13(11)15/h5-7,10H,4,8H2,1-3H3,(H,16,20)(H,18,19). The number of carbonyl (C=O) groups is 2. The summed E-state index contributed by atoms with van der Waals surface area (Å²) in [6, 6.07) is 4.97. The Hall–Kier alpha value is -1.56. The number of rotatable bonds is 5. The van der Waals surface area contributed by atoms with E-state index in [2.05, 4.69) is 21.2 Å². The zero-order valence-electron chi connectivity index (χ0n) is 11.8. The lowest BCUT2D eigenvalue weighted by Gasteiger charge is -2.27. The first-order valence-electron chi connectivity index (χ1n) is 6.41. The summed E-state index contributed by atoms with van der Waals surface area (Å²) in [7, 11) is 0. The van der Waals surface area contributed by atoms with Gasteiger partial charge < -0.3 is 15.3 Å². The summed E-state index contributed by atoms with van der Waals surface area (Å²) in [5.74, 6) is -1.02. The monoisotopic (exact) mass is 342 g/mol. The summed E-state index contributed by atoms with van der Waals surface area (Å²) in [5, 5.41) is 11.7. The quantitative estimate of drug-likeness (QED) is 0.860. The number of hydrogen-bond donors (Lipinski definition) is 2. The molecule has 0 aromatic heterocycles. The number of aryl methyl sites for hydroxylation is 1. The van der Waals surface area contributed by atoms with E-state index in [1.54, 1.807) is 6.07 Å². The number of carbonyl (C=O) groups excluding carboxylic acids is 1. The van der Waals surface area contributed by atoms with Gasteiger partial charge in [-0.1, -0.05) is 19.1 Å². The van der Waals surface area contributed by atoms with Crippen molar-refractivity contribution in [2.75, 3.05) is 11.9 Å². The lowest BCUT2D eigenvalue weighted by Crippen LogP contribution is -2.44. The molecule has 20 heavy (non-hydrogen) atoms. The highest BCUT2D eigenvalue weighted by atomic mass is 79.9. The number of amides is 2. The maximum Gasteiger partial charge on any atom is 0.323 e. The van der Waals surface area contributed by atoms with Gasteiger partial charge in [-0.25, -0.2) is 4.79 Å². The van der Waals surface area contributed by atoms with Crippen LogP contribution in [0.3, 0.4) is 0 Å². The van der Waals surface area contributed by atoms with Crippen molar-refractivity contribution >= 4 is 33.6 Å². The molecule has 1 aromatic rings. The number of nitrogens with zero attached hydrogens (tertiary/aromatic N) is 1. The topological polar surface area (TPSA) is 69.6 Å². The van der Waals surface area contributed by atoms with Crippen LogP contribution in [0.5, 0.6) is 0 Å². The van der Waals surface area contributed by atoms with Crippen LogP contribution in [0.25, 0.3) is 0 Å². The van der Waals surface area contributed by atoms with Crippen LogP contribution in [0.4, 0.5) is 10.5 Å². The summed E-state index contributed by atoms with van der Waals surface area (Å²) >= 11 is 3.41. The summed E-state index contributed by atoms with van der Waals surface area (Å²) in [6.45, 7) is 5.34. The summed E-state index contributed by atoms with van der Waals surface area (Å²) < 4.78 is 0.799. The van der Waals surface area contributed by atoms with E-state index in [1.165, 1.54) is 4.90 Å². The first-order chi connectivity index (χ1) is 9.36. The first-order valence-corrected chi connectivity index (χ1v) is 7.20. The number of urea groups is 1. The molecule has 0 aliphatic rings. The van der Waals surface area contributed by atoms with E-state index < -0.39 is 12.0 Å². The van der Waals surface area contributed by atoms with Crippen LogP contribution in [0.2, 0.25) is 0 Å². The highest BCUT2D eigenvalue weighted by Gasteiger charge is 2.22. The molecular formula is C14H19BrN2O3. The molecule has 2 N–H and O–H groups in total. The lowest BCUT2D eigenvalue weighted by atomic mass is 10.2. The molecule has 2 amide bonds. The van der Waals surface area contributed by atoms with Crippen LogP contribution in [0, 0.1) is 6.92 Å². The maximum atomic E-state index is 12.2. The lowest BCUT2D eigenvalue weighted by molar-refractivity contribution is -0.138. The molecule has 5 nitrogen and oxygen atoms in total. The van der Waals surface area contributed by atoms with E-state index in [4.69, 9.17) is 5.11 Å². The van der Waals surface area contributed by atoms with Crippen LogP contribution in [0.15, 0.2) is 22.7 Å². The average molecular weight is 343 g/mol. The minimum atomic E-state index is -1.02. The normalized spacial score (nSPS) is 11.8. The second-order valence-corrected chi connectivity index (χ2v) is 5.44. The van der Waals surface area contributed by atoms with Crippen molar-refractivity contribution in [1.29, 1.82) is 0 Å². The number of halogens is 1. The number of carboxylic acid groups (broad SMARTS) is 1. The van der Waals surface area contributed by atoms with Crippen LogP contribution >= 0.6 is 15.9 Å². The highest BCUT2D eigenvalue weighted by Crippen LogP contribution is 2.26. The van der Waals surface area contributed by atoms with Crippen molar-refractivity contribution in [2.24, 2.45) is 0 Å². The Balaban J connectivity index is 2.90. The van der Waals surface area contributed by atoms with Crippen molar-refractivity contribution in [1.82, 2.24) is 4.90 Å². The largest absolute Gasteiger partial charge is 0.480 e. The zero-order valence-corrected chi connectivity index (χ0v) is 13.4. The molecule has 0 aliphatic heterocycles. The van der Waals surface area contributed by atoms with E-state index in [0.717, 1.165) is 10.0 Å². The number of anilines is 1. The molecule has 1 aromatic carbocycles. The molecule has 0 saturated carbocycles. The SMILES string of the molecule is CCC(C)N(CC(=O)O)C(=O)Nc1cccc(C)c1Br. The molecule has 0 heterocycles. The number of benzene rings is 1. The van der Waals surface area contributed by atoms with Crippen molar-refractivity contribution < 1.29 is 14.7 Å². The third-order valence-corrected chi connectivity index (χ3v) is 4.18. The van der Waals surface area contributed by atoms with E-state index >= 15 is 0 Å². The molecule has 1 atom stereocenters. The van der Waals surface area contributed by atoms with Crippen LogP contribution < -0.4 is 5.32 Å². The molecule has 110 valence electrons. The van der Waals surface area contributed by atoms with Gasteiger partial charge in [0.2, 0.25) is 0 Å². The fraction of sp³-hybridized carbons (Fsp3) is 0.429. The minimum Gasteiger partial charge on any atom is -0.480 e. The van der Waals surface area contributed by atoms with Gasteiger partial charge in [0.25, 0.3) is 0 Å². The molecule has 0 radical (unpaired) electrons. The number of hydrogen-bond acceptors (Lipinski definition) is 2. The predicted octanol–water partition coefficient (Wildman–Crippen LogP) is 3.47. The van der Waals surface area contributed by atoms with Gasteiger partial charge in [-0.2, -0.15) is 0 Å². The Bertz CT molecular complexity index is 505. The fourth-order valence-corrected chi connectivity index (χ4v) is 2.09. The van der Waals surface area contributed by atoms with Crippen LogP contribution in [0.1, 0.15) is 25.8 Å². The van der Waals surface area contributed by atoms with E-state index in [9.17, 15) is 9.59 Å². The molecule has 1 unspecified atom stereocenters. The fourth-order valence-electron chi connectivity index (χ4n) is 1.72. The minimum absolute atomic E-state index is 0.144. The van der Waals surface area contributed by atoms with Gasteiger partial charge in [-0.3, -0.25) is 4.79 Å². The van der Waals surface area contributed by atoms with E-state index in [0.29, 0.717) is 12.1 Å². The number of carboxylic acids is 1. The Morgan fingerprint density at radius 3 is 2.65 bits per heavy atom. The molecule has 6 heteroatoms. The Kier molecular flexibility index (Phi) is 6.01. The Morgan fingerprint density at radius 2 is 2.10 bits per heavy atom. The molecule has 0 bridgehead atoms. The van der Waals surface area contributed by atoms with Gasteiger partial charge in [-0.05, 0) is 47.8 Å². The van der Waals surface area contributed by atoms with E-state index in [1.807, 2.05) is 32.9 Å². The smallest absolute Gasteiger partial charge is 0.323 e. The third kappa shape index (κ3) is 4.23. The molecule has 0 aliphatic carbocycles. The van der Waals surface area contributed by atoms with Crippen molar-refractivity contribution in [3.05, 3.63) is 28.2 Å².